The molecule has 0 bridgehead atoms. The molecule has 2 heterocycles. The fourth-order valence-electron chi connectivity index (χ4n) is 2.23. The summed E-state index contributed by atoms with van der Waals surface area (Å²) < 4.78 is 15.3. The van der Waals surface area contributed by atoms with Gasteiger partial charge in [-0.15, -0.1) is 0 Å². The number of hydrogen-bond acceptors (Lipinski definition) is 6. The van der Waals surface area contributed by atoms with Crippen molar-refractivity contribution in [1.82, 2.24) is 15.0 Å². The highest BCUT2D eigenvalue weighted by Gasteiger charge is 2.17. The zero-order valence-corrected chi connectivity index (χ0v) is 12.9. The van der Waals surface area contributed by atoms with Crippen molar-refractivity contribution in [3.63, 3.8) is 0 Å². The van der Waals surface area contributed by atoms with Gasteiger partial charge in [0.05, 0.1) is 32.4 Å². The standard InChI is InChI=1S/C16H15N3O4/c1-21-10-6-4-9(5-7-10)13(20)12-8-11-14(17-12)18-16(23-3)19-15(11)22-2/h4-8H,1-3H3,(H,17,18,19). The van der Waals surface area contributed by atoms with Crippen LogP contribution in [-0.2, 0) is 0 Å². The third-order valence-electron chi connectivity index (χ3n) is 3.40. The fourth-order valence-corrected chi connectivity index (χ4v) is 2.23. The maximum Gasteiger partial charge on any atom is 0.321 e. The van der Waals surface area contributed by atoms with E-state index in [2.05, 4.69) is 15.0 Å². The first-order valence-electron chi connectivity index (χ1n) is 6.83. The molecule has 23 heavy (non-hydrogen) atoms. The lowest BCUT2D eigenvalue weighted by Gasteiger charge is -2.02. The Morgan fingerprint density at radius 2 is 1.74 bits per heavy atom. The van der Waals surface area contributed by atoms with Gasteiger partial charge < -0.3 is 19.2 Å². The third kappa shape index (κ3) is 2.68. The van der Waals surface area contributed by atoms with Gasteiger partial charge in [0.25, 0.3) is 0 Å². The molecule has 2 aromatic heterocycles. The summed E-state index contributed by atoms with van der Waals surface area (Å²) in [6.45, 7) is 0. The molecule has 0 unspecified atom stereocenters. The predicted molar refractivity (Wildman–Crippen MR) is 83.4 cm³/mol. The minimum atomic E-state index is -0.160. The van der Waals surface area contributed by atoms with E-state index in [1.54, 1.807) is 37.4 Å². The molecule has 0 aliphatic heterocycles. The number of methoxy groups -OCH3 is 3. The first kappa shape index (κ1) is 14.8. The fraction of sp³-hybridized carbons (Fsp3) is 0.188. The number of carbonyl (C=O) groups excluding carboxylic acids is 1. The third-order valence-corrected chi connectivity index (χ3v) is 3.40. The Morgan fingerprint density at radius 3 is 2.35 bits per heavy atom. The Bertz CT molecular complexity index is 856. The van der Waals surface area contributed by atoms with Gasteiger partial charge in [0.1, 0.15) is 11.4 Å². The molecule has 7 heteroatoms. The largest absolute Gasteiger partial charge is 0.497 e. The van der Waals surface area contributed by atoms with E-state index in [0.29, 0.717) is 33.9 Å². The normalized spacial score (nSPS) is 10.6. The highest BCUT2D eigenvalue weighted by molar-refractivity contribution is 6.10. The van der Waals surface area contributed by atoms with Gasteiger partial charge in [-0.2, -0.15) is 9.97 Å². The molecule has 0 spiro atoms. The molecule has 3 rings (SSSR count). The van der Waals surface area contributed by atoms with Crippen LogP contribution >= 0.6 is 0 Å². The predicted octanol–water partition coefficient (Wildman–Crippen LogP) is 2.21. The molecule has 0 aliphatic carbocycles. The molecule has 0 amide bonds. The van der Waals surface area contributed by atoms with Crippen LogP contribution in [0.5, 0.6) is 17.6 Å². The molecule has 7 nitrogen and oxygen atoms in total. The Kier molecular flexibility index (Phi) is 3.84. The lowest BCUT2D eigenvalue weighted by Crippen LogP contribution is -2.01. The van der Waals surface area contributed by atoms with Gasteiger partial charge in [-0.25, -0.2) is 0 Å². The average molecular weight is 313 g/mol. The average Bonchev–Trinajstić information content (AvgIpc) is 3.04. The van der Waals surface area contributed by atoms with Crippen LogP contribution in [0.25, 0.3) is 11.0 Å². The minimum absolute atomic E-state index is 0.160. The Labute approximate surface area is 132 Å². The molecule has 0 fully saturated rings. The topological polar surface area (TPSA) is 86.3 Å². The number of ether oxygens (including phenoxy) is 3. The second-order valence-electron chi connectivity index (χ2n) is 4.72. The van der Waals surface area contributed by atoms with Gasteiger partial charge in [-0.05, 0) is 30.3 Å². The van der Waals surface area contributed by atoms with Crippen molar-refractivity contribution in [3.05, 3.63) is 41.6 Å². The van der Waals surface area contributed by atoms with Crippen molar-refractivity contribution < 1.29 is 19.0 Å². The van der Waals surface area contributed by atoms with E-state index >= 15 is 0 Å². The zero-order valence-electron chi connectivity index (χ0n) is 12.9. The maximum absolute atomic E-state index is 12.6. The van der Waals surface area contributed by atoms with Crippen molar-refractivity contribution >= 4 is 16.8 Å². The number of aromatic amines is 1. The van der Waals surface area contributed by atoms with E-state index in [0.717, 1.165) is 0 Å². The quantitative estimate of drug-likeness (QED) is 0.727. The van der Waals surface area contributed by atoms with Crippen LogP contribution in [0.15, 0.2) is 30.3 Å². The van der Waals surface area contributed by atoms with Gasteiger partial charge in [-0.1, -0.05) is 0 Å². The molecule has 0 aliphatic rings. The summed E-state index contributed by atoms with van der Waals surface area (Å²) in [6, 6.07) is 8.71. The molecule has 1 aromatic carbocycles. The van der Waals surface area contributed by atoms with E-state index in [1.807, 2.05) is 0 Å². The van der Waals surface area contributed by atoms with Crippen LogP contribution in [0.1, 0.15) is 16.1 Å². The molecule has 0 radical (unpaired) electrons. The summed E-state index contributed by atoms with van der Waals surface area (Å²) in [4.78, 5) is 23.8. The number of benzene rings is 1. The van der Waals surface area contributed by atoms with E-state index in [-0.39, 0.29) is 11.8 Å². The molecule has 118 valence electrons. The summed E-state index contributed by atoms with van der Waals surface area (Å²) in [5.41, 5.74) is 1.41. The van der Waals surface area contributed by atoms with E-state index < -0.39 is 0 Å². The van der Waals surface area contributed by atoms with Crippen molar-refractivity contribution in [1.29, 1.82) is 0 Å². The van der Waals surface area contributed by atoms with E-state index in [4.69, 9.17) is 14.2 Å². The zero-order chi connectivity index (χ0) is 16.4. The van der Waals surface area contributed by atoms with Crippen molar-refractivity contribution in [2.45, 2.75) is 0 Å². The van der Waals surface area contributed by atoms with E-state index in [1.165, 1.54) is 14.2 Å². The summed E-state index contributed by atoms with van der Waals surface area (Å²) in [5, 5.41) is 0.616. The summed E-state index contributed by atoms with van der Waals surface area (Å²) in [5.74, 6) is 0.874. The molecule has 0 atom stereocenters. The second-order valence-corrected chi connectivity index (χ2v) is 4.72. The van der Waals surface area contributed by atoms with Gasteiger partial charge in [0.15, 0.2) is 0 Å². The molecule has 0 saturated heterocycles. The first-order chi connectivity index (χ1) is 11.2. The summed E-state index contributed by atoms with van der Waals surface area (Å²) >= 11 is 0. The second kappa shape index (κ2) is 5.96. The Balaban J connectivity index is 2.03. The van der Waals surface area contributed by atoms with Crippen LogP contribution in [0.2, 0.25) is 0 Å². The van der Waals surface area contributed by atoms with Crippen LogP contribution in [0.4, 0.5) is 0 Å². The Morgan fingerprint density at radius 1 is 1.00 bits per heavy atom. The van der Waals surface area contributed by atoms with Crippen LogP contribution in [0.3, 0.4) is 0 Å². The monoisotopic (exact) mass is 313 g/mol. The molecule has 3 aromatic rings. The number of hydrogen-bond donors (Lipinski definition) is 1. The molecule has 1 N–H and O–H groups in total. The van der Waals surface area contributed by atoms with Crippen LogP contribution < -0.4 is 14.2 Å². The number of carbonyl (C=O) groups is 1. The smallest absolute Gasteiger partial charge is 0.321 e. The molecular weight excluding hydrogens is 298 g/mol. The number of H-pyrrole nitrogens is 1. The first-order valence-corrected chi connectivity index (χ1v) is 6.83. The molecular formula is C16H15N3O4. The number of nitrogens with zero attached hydrogens (tertiary/aromatic N) is 2. The number of ketones is 1. The van der Waals surface area contributed by atoms with E-state index in [9.17, 15) is 4.79 Å². The lowest BCUT2D eigenvalue weighted by molar-refractivity contribution is 0.103. The van der Waals surface area contributed by atoms with Gasteiger partial charge in [0.2, 0.25) is 11.7 Å². The number of nitrogens with one attached hydrogen (secondary N) is 1. The SMILES string of the molecule is COc1ccc(C(=O)c2cc3c(OC)nc(OC)nc3[nH]2)cc1. The van der Waals surface area contributed by atoms with Crippen molar-refractivity contribution in [3.8, 4) is 17.6 Å². The molecule has 0 saturated carbocycles. The maximum atomic E-state index is 12.6. The summed E-state index contributed by atoms with van der Waals surface area (Å²) in [7, 11) is 4.54. The van der Waals surface area contributed by atoms with Gasteiger partial charge in [0, 0.05) is 5.56 Å². The van der Waals surface area contributed by atoms with Crippen molar-refractivity contribution in [2.24, 2.45) is 0 Å². The highest BCUT2D eigenvalue weighted by Crippen LogP contribution is 2.26. The van der Waals surface area contributed by atoms with Gasteiger partial charge in [-0.3, -0.25) is 4.79 Å². The number of rotatable bonds is 5. The lowest BCUT2D eigenvalue weighted by atomic mass is 10.1. The highest BCUT2D eigenvalue weighted by atomic mass is 16.5. The van der Waals surface area contributed by atoms with Crippen LogP contribution in [-0.4, -0.2) is 42.1 Å². The van der Waals surface area contributed by atoms with Crippen LogP contribution in [0, 0.1) is 0 Å². The van der Waals surface area contributed by atoms with Crippen molar-refractivity contribution in [2.75, 3.05) is 21.3 Å². The number of aromatic nitrogens is 3. The number of fused-ring (bicyclic) bond motifs is 1. The Hall–Kier alpha value is -3.09. The minimum Gasteiger partial charge on any atom is -0.497 e. The van der Waals surface area contributed by atoms with Gasteiger partial charge >= 0.3 is 6.01 Å². The summed E-state index contributed by atoms with van der Waals surface area (Å²) in [6.07, 6.45) is 0.